The van der Waals surface area contributed by atoms with Crippen LogP contribution in [0.5, 0.6) is 0 Å². The fourth-order valence-electron chi connectivity index (χ4n) is 3.75. The van der Waals surface area contributed by atoms with Gasteiger partial charge >= 0.3 is 0 Å². The summed E-state index contributed by atoms with van der Waals surface area (Å²) < 4.78 is 0.884. The van der Waals surface area contributed by atoms with E-state index in [9.17, 15) is 0 Å². The summed E-state index contributed by atoms with van der Waals surface area (Å²) in [7, 11) is 0. The molecule has 3 aliphatic rings. The lowest BCUT2D eigenvalue weighted by Gasteiger charge is -2.31. The summed E-state index contributed by atoms with van der Waals surface area (Å²) in [6.07, 6.45) is 2.67. The number of pyridine rings is 1. The van der Waals surface area contributed by atoms with E-state index in [0.717, 1.165) is 22.9 Å². The normalized spacial score (nSPS) is 24.6. The van der Waals surface area contributed by atoms with Crippen molar-refractivity contribution in [3.63, 3.8) is 0 Å². The summed E-state index contributed by atoms with van der Waals surface area (Å²) in [6.45, 7) is 6.09. The average Bonchev–Trinajstić information content (AvgIpc) is 2.89. The van der Waals surface area contributed by atoms with Crippen LogP contribution in [0.1, 0.15) is 18.4 Å². The highest BCUT2D eigenvalue weighted by molar-refractivity contribution is 9.10. The van der Waals surface area contributed by atoms with Crippen molar-refractivity contribution in [2.75, 3.05) is 26.2 Å². The van der Waals surface area contributed by atoms with Gasteiger partial charge in [0.1, 0.15) is 4.60 Å². The first-order valence-electron chi connectivity index (χ1n) is 8.46. The Labute approximate surface area is 146 Å². The van der Waals surface area contributed by atoms with Crippen molar-refractivity contribution < 1.29 is 0 Å². The number of halogens is 1. The SMILES string of the molecule is Brc1cccc(-c2ccc(CN3CCN4CCC3CC4)cc2)n1. The molecule has 3 aliphatic heterocycles. The van der Waals surface area contributed by atoms with Crippen LogP contribution in [-0.4, -0.2) is 47.0 Å². The first-order chi connectivity index (χ1) is 11.3. The average molecular weight is 372 g/mol. The zero-order valence-corrected chi connectivity index (χ0v) is 14.9. The maximum Gasteiger partial charge on any atom is 0.106 e. The predicted octanol–water partition coefficient (Wildman–Crippen LogP) is 3.79. The molecule has 1 aromatic carbocycles. The molecular weight excluding hydrogens is 350 g/mol. The molecule has 4 heterocycles. The van der Waals surface area contributed by atoms with E-state index in [1.165, 1.54) is 50.1 Å². The first-order valence-corrected chi connectivity index (χ1v) is 9.25. The van der Waals surface area contributed by atoms with Crippen molar-refractivity contribution in [2.45, 2.75) is 25.4 Å². The van der Waals surface area contributed by atoms with Crippen LogP contribution < -0.4 is 0 Å². The summed E-state index contributed by atoms with van der Waals surface area (Å²) >= 11 is 3.44. The highest BCUT2D eigenvalue weighted by Gasteiger charge is 2.28. The van der Waals surface area contributed by atoms with E-state index in [1.54, 1.807) is 0 Å². The largest absolute Gasteiger partial charge is 0.302 e. The van der Waals surface area contributed by atoms with Crippen LogP contribution in [0.25, 0.3) is 11.3 Å². The molecule has 0 N–H and O–H groups in total. The highest BCUT2D eigenvalue weighted by atomic mass is 79.9. The second kappa shape index (κ2) is 6.71. The Morgan fingerprint density at radius 3 is 2.48 bits per heavy atom. The third kappa shape index (κ3) is 3.49. The van der Waals surface area contributed by atoms with Gasteiger partial charge in [0, 0.05) is 31.2 Å². The number of hydrogen-bond donors (Lipinski definition) is 0. The molecule has 1 aromatic heterocycles. The Hall–Kier alpha value is -1.23. The second-order valence-electron chi connectivity index (χ2n) is 6.59. The van der Waals surface area contributed by atoms with E-state index >= 15 is 0 Å². The summed E-state index contributed by atoms with van der Waals surface area (Å²) in [6, 6.07) is 15.7. The predicted molar refractivity (Wildman–Crippen MR) is 97.2 cm³/mol. The molecule has 0 radical (unpaired) electrons. The molecule has 5 rings (SSSR count). The van der Waals surface area contributed by atoms with Gasteiger partial charge in [-0.3, -0.25) is 4.90 Å². The molecule has 2 bridgehead atoms. The summed E-state index contributed by atoms with van der Waals surface area (Å²) in [5.41, 5.74) is 3.61. The van der Waals surface area contributed by atoms with Crippen LogP contribution >= 0.6 is 15.9 Å². The number of fused-ring (bicyclic) bond motifs is 4. The minimum Gasteiger partial charge on any atom is -0.302 e. The van der Waals surface area contributed by atoms with Gasteiger partial charge in [0.15, 0.2) is 0 Å². The Bertz CT molecular complexity index is 663. The molecule has 3 nitrogen and oxygen atoms in total. The van der Waals surface area contributed by atoms with Gasteiger partial charge in [0.05, 0.1) is 5.69 Å². The van der Waals surface area contributed by atoms with Crippen molar-refractivity contribution in [1.82, 2.24) is 14.8 Å². The van der Waals surface area contributed by atoms with Crippen molar-refractivity contribution in [3.8, 4) is 11.3 Å². The van der Waals surface area contributed by atoms with E-state index in [-0.39, 0.29) is 0 Å². The molecule has 0 saturated carbocycles. The summed E-state index contributed by atoms with van der Waals surface area (Å²) in [5, 5.41) is 0. The summed E-state index contributed by atoms with van der Waals surface area (Å²) in [4.78, 5) is 9.82. The third-order valence-electron chi connectivity index (χ3n) is 5.13. The molecule has 120 valence electrons. The van der Waals surface area contributed by atoms with E-state index in [4.69, 9.17) is 0 Å². The minimum absolute atomic E-state index is 0.778. The van der Waals surface area contributed by atoms with Crippen LogP contribution in [0, 0.1) is 0 Å². The van der Waals surface area contributed by atoms with E-state index in [0.29, 0.717) is 0 Å². The molecular formula is C19H22BrN3. The fraction of sp³-hybridized carbons (Fsp3) is 0.421. The molecule has 4 heteroatoms. The van der Waals surface area contributed by atoms with Crippen LogP contribution in [0.3, 0.4) is 0 Å². The Morgan fingerprint density at radius 1 is 0.957 bits per heavy atom. The molecule has 0 aliphatic carbocycles. The number of aromatic nitrogens is 1. The summed E-state index contributed by atoms with van der Waals surface area (Å²) in [5.74, 6) is 0. The lowest BCUT2D eigenvalue weighted by Crippen LogP contribution is -2.37. The van der Waals surface area contributed by atoms with Crippen LogP contribution in [0.2, 0.25) is 0 Å². The molecule has 3 saturated heterocycles. The highest BCUT2D eigenvalue weighted by Crippen LogP contribution is 2.24. The van der Waals surface area contributed by atoms with Crippen LogP contribution in [0.4, 0.5) is 0 Å². The topological polar surface area (TPSA) is 19.4 Å². The van der Waals surface area contributed by atoms with Gasteiger partial charge in [-0.1, -0.05) is 30.3 Å². The van der Waals surface area contributed by atoms with Crippen LogP contribution in [-0.2, 0) is 6.54 Å². The van der Waals surface area contributed by atoms with Gasteiger partial charge < -0.3 is 4.90 Å². The fourth-order valence-corrected chi connectivity index (χ4v) is 4.10. The number of hydrogen-bond acceptors (Lipinski definition) is 3. The van der Waals surface area contributed by atoms with E-state index in [1.807, 2.05) is 12.1 Å². The molecule has 0 unspecified atom stereocenters. The Kier molecular flexibility index (Phi) is 4.47. The lowest BCUT2D eigenvalue weighted by molar-refractivity contribution is 0.176. The van der Waals surface area contributed by atoms with Crippen molar-refractivity contribution in [2.24, 2.45) is 0 Å². The third-order valence-corrected chi connectivity index (χ3v) is 5.57. The monoisotopic (exact) mass is 371 g/mol. The molecule has 3 fully saturated rings. The van der Waals surface area contributed by atoms with Crippen molar-refractivity contribution in [3.05, 3.63) is 52.6 Å². The van der Waals surface area contributed by atoms with Crippen molar-refractivity contribution in [1.29, 1.82) is 0 Å². The van der Waals surface area contributed by atoms with Gasteiger partial charge in [0.2, 0.25) is 0 Å². The number of piperidine rings is 1. The molecule has 0 atom stereocenters. The van der Waals surface area contributed by atoms with E-state index in [2.05, 4.69) is 61.0 Å². The van der Waals surface area contributed by atoms with Crippen molar-refractivity contribution >= 4 is 15.9 Å². The lowest BCUT2D eigenvalue weighted by atomic mass is 10.0. The quantitative estimate of drug-likeness (QED) is 0.765. The Balaban J connectivity index is 1.48. The Morgan fingerprint density at radius 2 is 1.74 bits per heavy atom. The number of benzene rings is 1. The van der Waals surface area contributed by atoms with Crippen LogP contribution in [0.15, 0.2) is 47.1 Å². The maximum absolute atomic E-state index is 4.53. The minimum atomic E-state index is 0.778. The zero-order chi connectivity index (χ0) is 15.6. The zero-order valence-electron chi connectivity index (χ0n) is 13.3. The molecule has 23 heavy (non-hydrogen) atoms. The van der Waals surface area contributed by atoms with Gasteiger partial charge in [-0.2, -0.15) is 0 Å². The van der Waals surface area contributed by atoms with Gasteiger partial charge in [0.25, 0.3) is 0 Å². The van der Waals surface area contributed by atoms with Gasteiger partial charge in [-0.05, 0) is 59.6 Å². The second-order valence-corrected chi connectivity index (χ2v) is 7.40. The standard InChI is InChI=1S/C19H22BrN3/c20-19-3-1-2-18(21-19)16-6-4-15(5-7-16)14-23-13-12-22-10-8-17(23)9-11-22/h1-7,17H,8-14H2. The van der Waals surface area contributed by atoms with Gasteiger partial charge in [-0.25, -0.2) is 4.98 Å². The molecule has 0 spiro atoms. The first kappa shape index (κ1) is 15.3. The molecule has 0 amide bonds. The molecule has 2 aromatic rings. The number of rotatable bonds is 3. The maximum atomic E-state index is 4.53. The smallest absolute Gasteiger partial charge is 0.106 e. The van der Waals surface area contributed by atoms with E-state index < -0.39 is 0 Å². The van der Waals surface area contributed by atoms with Gasteiger partial charge in [-0.15, -0.1) is 0 Å². The number of nitrogens with zero attached hydrogens (tertiary/aromatic N) is 3.